The quantitative estimate of drug-likeness (QED) is 0.730. The number of hydrogen-bond acceptors (Lipinski definition) is 4. The lowest BCUT2D eigenvalue weighted by Crippen LogP contribution is -2.47. The van der Waals surface area contributed by atoms with Gasteiger partial charge in [-0.15, -0.1) is 0 Å². The second-order valence-corrected chi connectivity index (χ2v) is 9.71. The minimum absolute atomic E-state index is 0.0547. The standard InChI is InChI=1S/C24H32ClN3O4/c1-2-32-23(31)28-11-7-19(8-12-28)26-22(30)20-16-24(20)9-13-27(14-10-24)21(29)15-17-3-5-18(25)6-4-17/h3-6,19-20H,2,7-16H2,1H3,(H,26,30). The van der Waals surface area contributed by atoms with Gasteiger partial charge < -0.3 is 19.9 Å². The Balaban J connectivity index is 1.19. The molecule has 1 unspecified atom stereocenters. The van der Waals surface area contributed by atoms with E-state index in [0.717, 1.165) is 37.7 Å². The maximum atomic E-state index is 12.8. The molecule has 7 nitrogen and oxygen atoms in total. The maximum absolute atomic E-state index is 12.8. The summed E-state index contributed by atoms with van der Waals surface area (Å²) in [7, 11) is 0. The lowest BCUT2D eigenvalue weighted by atomic mass is 9.90. The predicted octanol–water partition coefficient (Wildman–Crippen LogP) is 3.25. The van der Waals surface area contributed by atoms with Crippen molar-refractivity contribution in [1.29, 1.82) is 0 Å². The molecule has 4 rings (SSSR count). The van der Waals surface area contributed by atoms with E-state index in [1.54, 1.807) is 11.8 Å². The van der Waals surface area contributed by atoms with Crippen LogP contribution in [0.15, 0.2) is 24.3 Å². The Morgan fingerprint density at radius 3 is 2.34 bits per heavy atom. The molecule has 3 amide bonds. The van der Waals surface area contributed by atoms with Gasteiger partial charge in [0.05, 0.1) is 13.0 Å². The van der Waals surface area contributed by atoms with Gasteiger partial charge in [0.1, 0.15) is 0 Å². The molecule has 1 aromatic carbocycles. The van der Waals surface area contributed by atoms with Gasteiger partial charge in [-0.05, 0) is 62.1 Å². The molecule has 0 aromatic heterocycles. The number of ether oxygens (including phenoxy) is 1. The zero-order chi connectivity index (χ0) is 22.7. The summed E-state index contributed by atoms with van der Waals surface area (Å²) in [6, 6.07) is 7.52. The Kier molecular flexibility index (Phi) is 6.93. The monoisotopic (exact) mass is 461 g/mol. The fourth-order valence-electron chi connectivity index (χ4n) is 5.08. The van der Waals surface area contributed by atoms with E-state index >= 15 is 0 Å². The van der Waals surface area contributed by atoms with Crippen LogP contribution < -0.4 is 5.32 Å². The Morgan fingerprint density at radius 2 is 1.72 bits per heavy atom. The topological polar surface area (TPSA) is 79.0 Å². The average Bonchev–Trinajstić information content (AvgIpc) is 3.49. The molecule has 0 bridgehead atoms. The van der Waals surface area contributed by atoms with Crippen molar-refractivity contribution in [3.05, 3.63) is 34.9 Å². The summed E-state index contributed by atoms with van der Waals surface area (Å²) >= 11 is 5.92. The first-order valence-electron chi connectivity index (χ1n) is 11.6. The van der Waals surface area contributed by atoms with Crippen LogP contribution in [-0.2, 0) is 20.7 Å². The minimum atomic E-state index is -0.268. The summed E-state index contributed by atoms with van der Waals surface area (Å²) in [6.45, 7) is 4.84. The molecule has 1 atom stereocenters. The van der Waals surface area contributed by atoms with Crippen molar-refractivity contribution >= 4 is 29.5 Å². The molecule has 3 fully saturated rings. The first kappa shape index (κ1) is 22.9. The van der Waals surface area contributed by atoms with Gasteiger partial charge >= 0.3 is 6.09 Å². The summed E-state index contributed by atoms with van der Waals surface area (Å²) in [5.41, 5.74) is 1.03. The van der Waals surface area contributed by atoms with Gasteiger partial charge in [-0.1, -0.05) is 23.7 Å². The van der Waals surface area contributed by atoms with E-state index < -0.39 is 0 Å². The highest BCUT2D eigenvalue weighted by atomic mass is 35.5. The van der Waals surface area contributed by atoms with Crippen molar-refractivity contribution in [3.63, 3.8) is 0 Å². The van der Waals surface area contributed by atoms with Crippen molar-refractivity contribution < 1.29 is 19.1 Å². The van der Waals surface area contributed by atoms with Crippen molar-refractivity contribution in [3.8, 4) is 0 Å². The molecule has 1 spiro atoms. The van der Waals surface area contributed by atoms with Crippen LogP contribution in [0.5, 0.6) is 0 Å². The molecule has 1 N–H and O–H groups in total. The molecule has 1 saturated carbocycles. The van der Waals surface area contributed by atoms with Crippen LogP contribution in [0, 0.1) is 11.3 Å². The number of halogens is 1. The SMILES string of the molecule is CCOC(=O)N1CCC(NC(=O)C2CC23CCN(C(=O)Cc2ccc(Cl)cc2)CC3)CC1. The number of likely N-dealkylation sites (tertiary alicyclic amines) is 2. The van der Waals surface area contributed by atoms with E-state index in [4.69, 9.17) is 16.3 Å². The van der Waals surface area contributed by atoms with Gasteiger partial charge in [-0.2, -0.15) is 0 Å². The first-order valence-corrected chi connectivity index (χ1v) is 12.0. The third-order valence-corrected chi connectivity index (χ3v) is 7.51. The van der Waals surface area contributed by atoms with E-state index in [1.807, 2.05) is 29.2 Å². The molecule has 174 valence electrons. The van der Waals surface area contributed by atoms with Gasteiger partial charge in [0.2, 0.25) is 11.8 Å². The molecule has 1 aromatic rings. The van der Waals surface area contributed by atoms with Crippen molar-refractivity contribution in [2.75, 3.05) is 32.8 Å². The maximum Gasteiger partial charge on any atom is 0.409 e. The number of hydrogen-bond donors (Lipinski definition) is 1. The van der Waals surface area contributed by atoms with Crippen LogP contribution >= 0.6 is 11.6 Å². The number of amides is 3. The van der Waals surface area contributed by atoms with E-state index in [0.29, 0.717) is 44.2 Å². The molecule has 2 heterocycles. The van der Waals surface area contributed by atoms with E-state index in [-0.39, 0.29) is 35.3 Å². The van der Waals surface area contributed by atoms with Crippen molar-refractivity contribution in [2.24, 2.45) is 11.3 Å². The highest BCUT2D eigenvalue weighted by Gasteiger charge is 2.58. The second kappa shape index (κ2) is 9.69. The lowest BCUT2D eigenvalue weighted by molar-refractivity contribution is -0.132. The van der Waals surface area contributed by atoms with Gasteiger partial charge in [-0.3, -0.25) is 9.59 Å². The van der Waals surface area contributed by atoms with Gasteiger partial charge in [0.15, 0.2) is 0 Å². The highest BCUT2D eigenvalue weighted by molar-refractivity contribution is 6.30. The lowest BCUT2D eigenvalue weighted by Gasteiger charge is -2.34. The van der Waals surface area contributed by atoms with Crippen molar-refractivity contribution in [2.45, 2.75) is 51.5 Å². The number of nitrogens with zero attached hydrogens (tertiary/aromatic N) is 2. The van der Waals surface area contributed by atoms with Crippen LogP contribution in [0.1, 0.15) is 44.6 Å². The molecule has 1 aliphatic carbocycles. The van der Waals surface area contributed by atoms with E-state index in [1.165, 1.54) is 0 Å². The van der Waals surface area contributed by atoms with Gasteiger partial charge in [-0.25, -0.2) is 4.79 Å². The Hall–Kier alpha value is -2.28. The summed E-state index contributed by atoms with van der Waals surface area (Å²) in [5.74, 6) is 0.330. The molecular weight excluding hydrogens is 430 g/mol. The average molecular weight is 462 g/mol. The third kappa shape index (κ3) is 5.20. The van der Waals surface area contributed by atoms with Gasteiger partial charge in [0.25, 0.3) is 0 Å². The minimum Gasteiger partial charge on any atom is -0.450 e. The number of carbonyl (C=O) groups excluding carboxylic acids is 3. The van der Waals surface area contributed by atoms with Crippen molar-refractivity contribution in [1.82, 2.24) is 15.1 Å². The number of nitrogens with one attached hydrogen (secondary N) is 1. The first-order chi connectivity index (χ1) is 15.4. The molecular formula is C24H32ClN3O4. The third-order valence-electron chi connectivity index (χ3n) is 7.25. The fraction of sp³-hybridized carbons (Fsp3) is 0.625. The van der Waals surface area contributed by atoms with Crippen LogP contribution in [-0.4, -0.2) is 66.5 Å². The predicted molar refractivity (Wildman–Crippen MR) is 121 cm³/mol. The second-order valence-electron chi connectivity index (χ2n) is 9.27. The van der Waals surface area contributed by atoms with Crippen LogP contribution in [0.4, 0.5) is 4.79 Å². The summed E-state index contributed by atoms with van der Waals surface area (Å²) in [5, 5.41) is 3.88. The normalized spacial score (nSPS) is 22.5. The van der Waals surface area contributed by atoms with Crippen LogP contribution in [0.25, 0.3) is 0 Å². The number of benzene rings is 1. The van der Waals surface area contributed by atoms with E-state index in [9.17, 15) is 14.4 Å². The zero-order valence-corrected chi connectivity index (χ0v) is 19.4. The molecule has 2 saturated heterocycles. The molecule has 2 aliphatic heterocycles. The Morgan fingerprint density at radius 1 is 1.06 bits per heavy atom. The number of piperidine rings is 2. The Bertz CT molecular complexity index is 843. The van der Waals surface area contributed by atoms with Crippen LogP contribution in [0.3, 0.4) is 0 Å². The highest BCUT2D eigenvalue weighted by Crippen LogP contribution is 2.59. The van der Waals surface area contributed by atoms with Gasteiger partial charge in [0, 0.05) is 43.2 Å². The molecule has 8 heteroatoms. The molecule has 32 heavy (non-hydrogen) atoms. The number of carbonyl (C=O) groups is 3. The Labute approximate surface area is 194 Å². The summed E-state index contributed by atoms with van der Waals surface area (Å²) < 4.78 is 5.05. The fourth-order valence-corrected chi connectivity index (χ4v) is 5.21. The smallest absolute Gasteiger partial charge is 0.409 e. The summed E-state index contributed by atoms with van der Waals surface area (Å²) in [4.78, 5) is 41.0. The van der Waals surface area contributed by atoms with Crippen LogP contribution in [0.2, 0.25) is 5.02 Å². The molecule has 0 radical (unpaired) electrons. The zero-order valence-electron chi connectivity index (χ0n) is 18.6. The largest absolute Gasteiger partial charge is 0.450 e. The summed E-state index contributed by atoms with van der Waals surface area (Å²) in [6.07, 6.45) is 4.33. The van der Waals surface area contributed by atoms with E-state index in [2.05, 4.69) is 5.32 Å². The molecule has 3 aliphatic rings. The number of rotatable bonds is 5.